The number of hydrogen-bond donors (Lipinski definition) is 0. The van der Waals surface area contributed by atoms with Crippen LogP contribution in [0.25, 0.3) is 0 Å². The van der Waals surface area contributed by atoms with E-state index in [1.807, 2.05) is 11.4 Å². The molecule has 1 aliphatic heterocycles. The zero-order valence-electron chi connectivity index (χ0n) is 12.5. The Balaban J connectivity index is 1.72. The summed E-state index contributed by atoms with van der Waals surface area (Å²) in [6.45, 7) is 3.90. The van der Waals surface area contributed by atoms with Crippen molar-refractivity contribution in [2.24, 2.45) is 0 Å². The topological polar surface area (TPSA) is 53.5 Å². The number of benzene rings is 1. The Morgan fingerprint density at radius 2 is 1.82 bits per heavy atom. The number of nitrogens with zero attached hydrogens (tertiary/aromatic N) is 3. The minimum atomic E-state index is -3.32. The number of thiazole rings is 1. The number of rotatable bonds is 4. The lowest BCUT2D eigenvalue weighted by Gasteiger charge is -2.32. The van der Waals surface area contributed by atoms with Crippen LogP contribution in [0.5, 0.6) is 0 Å². The molecule has 0 N–H and O–H groups in total. The molecule has 1 aromatic carbocycles. The Morgan fingerprint density at radius 3 is 2.50 bits per heavy atom. The molecule has 0 bridgehead atoms. The van der Waals surface area contributed by atoms with Gasteiger partial charge in [0, 0.05) is 31.6 Å². The van der Waals surface area contributed by atoms with Crippen LogP contribution >= 0.6 is 11.3 Å². The minimum absolute atomic E-state index is 0.0404. The first-order chi connectivity index (χ1) is 10.5. The van der Waals surface area contributed by atoms with E-state index in [0.717, 1.165) is 31.3 Å². The summed E-state index contributed by atoms with van der Waals surface area (Å²) in [6.07, 6.45) is 0. The van der Waals surface area contributed by atoms with Crippen molar-refractivity contribution in [3.63, 3.8) is 0 Å². The van der Waals surface area contributed by atoms with E-state index in [0.29, 0.717) is 10.6 Å². The first-order valence-electron chi connectivity index (χ1n) is 7.20. The van der Waals surface area contributed by atoms with Crippen LogP contribution in [-0.2, 0) is 15.6 Å². The predicted octanol–water partition coefficient (Wildman–Crippen LogP) is 1.87. The number of piperazine rings is 1. The molecule has 1 aromatic heterocycles. The maximum atomic E-state index is 12.4. The average Bonchev–Trinajstić information content (AvgIpc) is 2.97. The smallest absolute Gasteiger partial charge is 0.185 e. The summed E-state index contributed by atoms with van der Waals surface area (Å²) in [5.41, 5.74) is 0.628. The Hall–Kier alpha value is -1.44. The quantitative estimate of drug-likeness (QED) is 0.852. The van der Waals surface area contributed by atoms with Crippen molar-refractivity contribution >= 4 is 26.3 Å². The molecule has 2 aromatic rings. The maximum Gasteiger partial charge on any atom is 0.185 e. The SMILES string of the molecule is CN1CCN(c2nc(CS(=O)(=O)c3ccccc3)cs2)CC1. The molecule has 7 heteroatoms. The molecule has 118 valence electrons. The molecule has 0 spiro atoms. The van der Waals surface area contributed by atoms with E-state index in [-0.39, 0.29) is 5.75 Å². The van der Waals surface area contributed by atoms with E-state index >= 15 is 0 Å². The lowest BCUT2D eigenvalue weighted by molar-refractivity contribution is 0.312. The molecular weight excluding hydrogens is 318 g/mol. The lowest BCUT2D eigenvalue weighted by atomic mass is 10.3. The standard InChI is InChI=1S/C15H19N3O2S2/c1-17-7-9-18(10-8-17)15-16-13(11-21-15)12-22(19,20)14-5-3-2-4-6-14/h2-6,11H,7-10,12H2,1H3. The van der Waals surface area contributed by atoms with Crippen LogP contribution in [-0.4, -0.2) is 51.5 Å². The Morgan fingerprint density at radius 1 is 1.14 bits per heavy atom. The van der Waals surface area contributed by atoms with Crippen LogP contribution in [0.15, 0.2) is 40.6 Å². The molecule has 5 nitrogen and oxygen atoms in total. The highest BCUT2D eigenvalue weighted by Gasteiger charge is 2.20. The van der Waals surface area contributed by atoms with Gasteiger partial charge in [-0.05, 0) is 19.2 Å². The van der Waals surface area contributed by atoms with Gasteiger partial charge in [-0.2, -0.15) is 0 Å². The van der Waals surface area contributed by atoms with Crippen LogP contribution in [0.4, 0.5) is 5.13 Å². The third-order valence-electron chi connectivity index (χ3n) is 3.75. The lowest BCUT2D eigenvalue weighted by Crippen LogP contribution is -2.44. The summed E-state index contributed by atoms with van der Waals surface area (Å²) >= 11 is 1.53. The van der Waals surface area contributed by atoms with Crippen molar-refractivity contribution in [1.29, 1.82) is 0 Å². The zero-order valence-corrected chi connectivity index (χ0v) is 14.1. The molecule has 3 rings (SSSR count). The fraction of sp³-hybridized carbons (Fsp3) is 0.400. The van der Waals surface area contributed by atoms with E-state index in [1.165, 1.54) is 11.3 Å². The van der Waals surface area contributed by atoms with Gasteiger partial charge in [-0.15, -0.1) is 11.3 Å². The van der Waals surface area contributed by atoms with Gasteiger partial charge in [-0.3, -0.25) is 0 Å². The second-order valence-corrected chi connectivity index (χ2v) is 8.31. The highest BCUT2D eigenvalue weighted by atomic mass is 32.2. The Kier molecular flexibility index (Phi) is 4.46. The molecule has 22 heavy (non-hydrogen) atoms. The number of aromatic nitrogens is 1. The highest BCUT2D eigenvalue weighted by Crippen LogP contribution is 2.24. The summed E-state index contributed by atoms with van der Waals surface area (Å²) in [4.78, 5) is 9.38. The summed E-state index contributed by atoms with van der Waals surface area (Å²) in [6, 6.07) is 8.55. The van der Waals surface area contributed by atoms with Gasteiger partial charge < -0.3 is 9.80 Å². The van der Waals surface area contributed by atoms with Gasteiger partial charge in [0.15, 0.2) is 15.0 Å². The summed E-state index contributed by atoms with van der Waals surface area (Å²) in [7, 11) is -1.21. The molecule has 0 amide bonds. The monoisotopic (exact) mass is 337 g/mol. The van der Waals surface area contributed by atoms with Crippen LogP contribution in [0.2, 0.25) is 0 Å². The van der Waals surface area contributed by atoms with E-state index in [9.17, 15) is 8.42 Å². The molecule has 0 unspecified atom stereocenters. The molecule has 0 atom stereocenters. The fourth-order valence-electron chi connectivity index (χ4n) is 2.41. The largest absolute Gasteiger partial charge is 0.346 e. The van der Waals surface area contributed by atoms with Gasteiger partial charge in [0.2, 0.25) is 0 Å². The number of sulfone groups is 1. The van der Waals surface area contributed by atoms with Crippen LogP contribution in [0.3, 0.4) is 0 Å². The van der Waals surface area contributed by atoms with Crippen LogP contribution in [0.1, 0.15) is 5.69 Å². The zero-order chi connectivity index (χ0) is 15.6. The van der Waals surface area contributed by atoms with Gasteiger partial charge in [-0.1, -0.05) is 18.2 Å². The van der Waals surface area contributed by atoms with E-state index in [2.05, 4.69) is 21.8 Å². The molecule has 1 saturated heterocycles. The van der Waals surface area contributed by atoms with Crippen molar-refractivity contribution < 1.29 is 8.42 Å². The second kappa shape index (κ2) is 6.36. The van der Waals surface area contributed by atoms with E-state index < -0.39 is 9.84 Å². The van der Waals surface area contributed by atoms with Crippen molar-refractivity contribution in [2.45, 2.75) is 10.6 Å². The van der Waals surface area contributed by atoms with E-state index in [4.69, 9.17) is 0 Å². The van der Waals surface area contributed by atoms with Gasteiger partial charge >= 0.3 is 0 Å². The normalized spacial score (nSPS) is 16.9. The number of anilines is 1. The molecule has 0 radical (unpaired) electrons. The Bertz CT molecular complexity index is 720. The predicted molar refractivity (Wildman–Crippen MR) is 89.2 cm³/mol. The molecule has 0 saturated carbocycles. The molecular formula is C15H19N3O2S2. The fourth-order valence-corrected chi connectivity index (χ4v) is 4.67. The number of likely N-dealkylation sites (N-methyl/N-ethyl adjacent to an activating group) is 1. The summed E-state index contributed by atoms with van der Waals surface area (Å²) in [5, 5.41) is 2.78. The first-order valence-corrected chi connectivity index (χ1v) is 9.73. The molecule has 1 fully saturated rings. The highest BCUT2D eigenvalue weighted by molar-refractivity contribution is 7.90. The van der Waals surface area contributed by atoms with Gasteiger partial charge in [0.1, 0.15) is 0 Å². The second-order valence-electron chi connectivity index (χ2n) is 5.48. The molecule has 2 heterocycles. The van der Waals surface area contributed by atoms with Gasteiger partial charge in [0.25, 0.3) is 0 Å². The summed E-state index contributed by atoms with van der Waals surface area (Å²) < 4.78 is 24.7. The van der Waals surface area contributed by atoms with Gasteiger partial charge in [-0.25, -0.2) is 13.4 Å². The van der Waals surface area contributed by atoms with Gasteiger partial charge in [0.05, 0.1) is 16.3 Å². The van der Waals surface area contributed by atoms with Crippen molar-refractivity contribution in [1.82, 2.24) is 9.88 Å². The van der Waals surface area contributed by atoms with Crippen LogP contribution < -0.4 is 4.90 Å². The minimum Gasteiger partial charge on any atom is -0.346 e. The van der Waals surface area contributed by atoms with Crippen molar-refractivity contribution in [3.05, 3.63) is 41.4 Å². The molecule has 1 aliphatic rings. The first kappa shape index (κ1) is 15.5. The van der Waals surface area contributed by atoms with Crippen molar-refractivity contribution in [3.8, 4) is 0 Å². The van der Waals surface area contributed by atoms with E-state index in [1.54, 1.807) is 24.3 Å². The third-order valence-corrected chi connectivity index (χ3v) is 6.37. The van der Waals surface area contributed by atoms with Crippen molar-refractivity contribution in [2.75, 3.05) is 38.1 Å². The summed E-state index contributed by atoms with van der Waals surface area (Å²) in [5.74, 6) is -0.0404. The number of hydrogen-bond acceptors (Lipinski definition) is 6. The Labute approximate surface area is 135 Å². The molecule has 0 aliphatic carbocycles. The third kappa shape index (κ3) is 3.48. The maximum absolute atomic E-state index is 12.4. The average molecular weight is 337 g/mol. The van der Waals surface area contributed by atoms with Crippen LogP contribution in [0, 0.1) is 0 Å².